The predicted octanol–water partition coefficient (Wildman–Crippen LogP) is 4.81. The molecule has 1 fully saturated rings. The number of anilines is 1. The molecule has 1 N–H and O–H groups in total. The van der Waals surface area contributed by atoms with Crippen molar-refractivity contribution in [3.8, 4) is 17.1 Å². The van der Waals surface area contributed by atoms with E-state index in [9.17, 15) is 9.18 Å². The summed E-state index contributed by atoms with van der Waals surface area (Å²) in [4.78, 5) is 17.2. The van der Waals surface area contributed by atoms with Crippen LogP contribution in [0.1, 0.15) is 46.3 Å². The van der Waals surface area contributed by atoms with Crippen molar-refractivity contribution in [1.29, 1.82) is 0 Å². The first-order chi connectivity index (χ1) is 15.0. The molecule has 8 heteroatoms. The molecule has 2 aromatic carbocycles. The van der Waals surface area contributed by atoms with Crippen molar-refractivity contribution in [1.82, 2.24) is 19.9 Å². The van der Waals surface area contributed by atoms with Gasteiger partial charge in [-0.25, -0.2) is 9.07 Å². The van der Waals surface area contributed by atoms with Gasteiger partial charge in [-0.1, -0.05) is 23.4 Å². The molecule has 0 unspecified atom stereocenters. The Balaban J connectivity index is 1.44. The van der Waals surface area contributed by atoms with E-state index in [0.29, 0.717) is 34.6 Å². The second-order valence-electron chi connectivity index (χ2n) is 7.77. The highest BCUT2D eigenvalue weighted by molar-refractivity contribution is 6.04. The number of hydrogen-bond donors (Lipinski definition) is 1. The molecule has 0 radical (unpaired) electrons. The average molecular weight is 417 g/mol. The van der Waals surface area contributed by atoms with Gasteiger partial charge in [0.15, 0.2) is 0 Å². The zero-order valence-corrected chi connectivity index (χ0v) is 17.1. The molecule has 2 heterocycles. The van der Waals surface area contributed by atoms with Crippen molar-refractivity contribution in [3.63, 3.8) is 0 Å². The maximum atomic E-state index is 13.4. The van der Waals surface area contributed by atoms with Gasteiger partial charge in [-0.15, -0.1) is 0 Å². The minimum Gasteiger partial charge on any atom is -0.339 e. The van der Waals surface area contributed by atoms with Gasteiger partial charge in [-0.05, 0) is 56.5 Å². The van der Waals surface area contributed by atoms with Crippen LogP contribution in [-0.2, 0) is 0 Å². The lowest BCUT2D eigenvalue weighted by Crippen LogP contribution is -2.12. The molecule has 0 aliphatic heterocycles. The molecule has 31 heavy (non-hydrogen) atoms. The third-order valence-electron chi connectivity index (χ3n) is 5.31. The number of carbonyl (C=O) groups excluding carboxylic acids is 1. The maximum Gasteiger partial charge on any atom is 0.259 e. The molecule has 4 aromatic rings. The standard InChI is InChI=1S/C23H20FN5O2/c1-13-6-7-16(21-26-23(31-28-21)15-8-9-15)10-20(13)29-12-19(14(2)27-29)22(30)25-18-5-3-4-17(24)11-18/h3-7,10-12,15H,8-9H2,1-2H3,(H,25,30). The first-order valence-corrected chi connectivity index (χ1v) is 10.1. The van der Waals surface area contributed by atoms with Gasteiger partial charge in [0.25, 0.3) is 5.91 Å². The van der Waals surface area contributed by atoms with Gasteiger partial charge >= 0.3 is 0 Å². The number of nitrogens with zero attached hydrogens (tertiary/aromatic N) is 4. The lowest BCUT2D eigenvalue weighted by Gasteiger charge is -2.07. The molecule has 1 aliphatic rings. The van der Waals surface area contributed by atoms with Crippen LogP contribution in [0.3, 0.4) is 0 Å². The van der Waals surface area contributed by atoms with Crippen LogP contribution in [0.2, 0.25) is 0 Å². The van der Waals surface area contributed by atoms with Gasteiger partial charge in [-0.3, -0.25) is 4.79 Å². The Hall–Kier alpha value is -3.81. The van der Waals surface area contributed by atoms with Crippen molar-refractivity contribution in [3.05, 3.63) is 77.2 Å². The van der Waals surface area contributed by atoms with Crippen LogP contribution in [0, 0.1) is 19.7 Å². The summed E-state index contributed by atoms with van der Waals surface area (Å²) < 4.78 is 20.4. The minimum absolute atomic E-state index is 0.351. The molecule has 0 saturated heterocycles. The minimum atomic E-state index is -0.413. The highest BCUT2D eigenvalue weighted by Crippen LogP contribution is 2.39. The molecule has 5 rings (SSSR count). The number of hydrogen-bond acceptors (Lipinski definition) is 5. The summed E-state index contributed by atoms with van der Waals surface area (Å²) in [6, 6.07) is 11.6. The van der Waals surface area contributed by atoms with E-state index in [1.54, 1.807) is 29.9 Å². The summed E-state index contributed by atoms with van der Waals surface area (Å²) in [5, 5.41) is 11.3. The van der Waals surface area contributed by atoms with Gasteiger partial charge in [0.1, 0.15) is 5.82 Å². The number of amides is 1. The Morgan fingerprint density at radius 3 is 2.81 bits per heavy atom. The molecule has 1 aliphatic carbocycles. The summed E-state index contributed by atoms with van der Waals surface area (Å²) >= 11 is 0. The van der Waals surface area contributed by atoms with Crippen molar-refractivity contribution >= 4 is 11.6 Å². The summed E-state index contributed by atoms with van der Waals surface area (Å²) in [5.74, 6) is 0.845. The molecule has 0 spiro atoms. The molecule has 156 valence electrons. The lowest BCUT2D eigenvalue weighted by molar-refractivity contribution is 0.102. The van der Waals surface area contributed by atoms with Crippen LogP contribution in [-0.4, -0.2) is 25.8 Å². The van der Waals surface area contributed by atoms with E-state index in [0.717, 1.165) is 29.7 Å². The van der Waals surface area contributed by atoms with Crippen LogP contribution in [0.15, 0.2) is 53.2 Å². The number of benzene rings is 2. The quantitative estimate of drug-likeness (QED) is 0.504. The van der Waals surface area contributed by atoms with E-state index in [1.807, 2.05) is 25.1 Å². The molecule has 0 atom stereocenters. The third-order valence-corrected chi connectivity index (χ3v) is 5.31. The monoisotopic (exact) mass is 417 g/mol. The van der Waals surface area contributed by atoms with E-state index in [2.05, 4.69) is 20.6 Å². The molecular formula is C23H20FN5O2. The Labute approximate surface area is 177 Å². The van der Waals surface area contributed by atoms with Crippen LogP contribution in [0.5, 0.6) is 0 Å². The SMILES string of the molecule is Cc1ccc(-c2noc(C3CC3)n2)cc1-n1cc(C(=O)Nc2cccc(F)c2)c(C)n1. The van der Waals surface area contributed by atoms with E-state index in [-0.39, 0.29) is 5.91 Å². The van der Waals surface area contributed by atoms with Gasteiger partial charge < -0.3 is 9.84 Å². The number of carbonyl (C=O) groups is 1. The fraction of sp³-hybridized carbons (Fsp3) is 0.217. The zero-order valence-electron chi connectivity index (χ0n) is 17.1. The normalized spacial score (nSPS) is 13.4. The fourth-order valence-corrected chi connectivity index (χ4v) is 3.41. The molecule has 7 nitrogen and oxygen atoms in total. The van der Waals surface area contributed by atoms with Crippen LogP contribution >= 0.6 is 0 Å². The van der Waals surface area contributed by atoms with Crippen LogP contribution in [0.25, 0.3) is 17.1 Å². The van der Waals surface area contributed by atoms with E-state index in [1.165, 1.54) is 12.1 Å². The molecule has 0 bridgehead atoms. The Morgan fingerprint density at radius 2 is 2.03 bits per heavy atom. The van der Waals surface area contributed by atoms with Crippen LogP contribution in [0.4, 0.5) is 10.1 Å². The first-order valence-electron chi connectivity index (χ1n) is 10.1. The number of nitrogens with one attached hydrogen (secondary N) is 1. The Kier molecular flexibility index (Phi) is 4.62. The van der Waals surface area contributed by atoms with Gasteiger partial charge in [0.2, 0.25) is 11.7 Å². The maximum absolute atomic E-state index is 13.4. The Bertz CT molecular complexity index is 1290. The van der Waals surface area contributed by atoms with Crippen molar-refractivity contribution in [2.45, 2.75) is 32.6 Å². The van der Waals surface area contributed by atoms with Gasteiger partial charge in [0, 0.05) is 23.4 Å². The largest absolute Gasteiger partial charge is 0.339 e. The molecule has 1 saturated carbocycles. The molecule has 1 amide bonds. The molecular weight excluding hydrogens is 397 g/mol. The summed E-state index contributed by atoms with van der Waals surface area (Å²) in [6.45, 7) is 3.73. The zero-order chi connectivity index (χ0) is 21.5. The lowest BCUT2D eigenvalue weighted by atomic mass is 10.1. The van der Waals surface area contributed by atoms with Gasteiger partial charge in [-0.2, -0.15) is 10.1 Å². The topological polar surface area (TPSA) is 85.8 Å². The van der Waals surface area contributed by atoms with E-state index >= 15 is 0 Å². The summed E-state index contributed by atoms with van der Waals surface area (Å²) in [6.07, 6.45) is 3.85. The summed E-state index contributed by atoms with van der Waals surface area (Å²) in [7, 11) is 0. The highest BCUT2D eigenvalue weighted by Gasteiger charge is 2.29. The number of rotatable bonds is 5. The van der Waals surface area contributed by atoms with Crippen molar-refractivity contribution in [2.24, 2.45) is 0 Å². The predicted molar refractivity (Wildman–Crippen MR) is 113 cm³/mol. The number of aromatic nitrogens is 4. The smallest absolute Gasteiger partial charge is 0.259 e. The van der Waals surface area contributed by atoms with E-state index < -0.39 is 5.82 Å². The highest BCUT2D eigenvalue weighted by atomic mass is 19.1. The second kappa shape index (κ2) is 7.46. The average Bonchev–Trinajstić information content (AvgIpc) is 3.34. The van der Waals surface area contributed by atoms with Crippen molar-refractivity contribution in [2.75, 3.05) is 5.32 Å². The van der Waals surface area contributed by atoms with Gasteiger partial charge in [0.05, 0.1) is 16.9 Å². The fourth-order valence-electron chi connectivity index (χ4n) is 3.41. The number of aryl methyl sites for hydroxylation is 2. The first kappa shape index (κ1) is 19.2. The third kappa shape index (κ3) is 3.84. The molecule has 2 aromatic heterocycles. The van der Waals surface area contributed by atoms with E-state index in [4.69, 9.17) is 4.52 Å². The number of halogens is 1. The Morgan fingerprint density at radius 1 is 1.19 bits per heavy atom. The van der Waals surface area contributed by atoms with Crippen molar-refractivity contribution < 1.29 is 13.7 Å². The second-order valence-corrected chi connectivity index (χ2v) is 7.77. The van der Waals surface area contributed by atoms with Crippen LogP contribution < -0.4 is 5.32 Å². The summed E-state index contributed by atoms with van der Waals surface area (Å²) in [5.41, 5.74) is 3.96.